The Kier molecular flexibility index (Phi) is 7.03. The lowest BCUT2D eigenvalue weighted by atomic mass is 10.2. The Morgan fingerprint density at radius 2 is 2.10 bits per heavy atom. The van der Waals surface area contributed by atoms with Crippen LogP contribution in [0.1, 0.15) is 19.3 Å². The van der Waals surface area contributed by atoms with Crippen molar-refractivity contribution < 1.29 is 8.78 Å². The van der Waals surface area contributed by atoms with Gasteiger partial charge in [0, 0.05) is 0 Å². The minimum atomic E-state index is -1.55. The summed E-state index contributed by atoms with van der Waals surface area (Å²) in [4.78, 5) is 0. The van der Waals surface area contributed by atoms with Gasteiger partial charge in [-0.3, -0.25) is 0 Å². The van der Waals surface area contributed by atoms with Gasteiger partial charge in [-0.05, 0) is 37.3 Å². The van der Waals surface area contributed by atoms with Gasteiger partial charge in [0.1, 0.15) is 0 Å². The Bertz CT molecular complexity index is 97.8. The van der Waals surface area contributed by atoms with E-state index in [1.807, 2.05) is 6.26 Å². The molecule has 0 aromatic rings. The number of halogens is 2. The summed E-state index contributed by atoms with van der Waals surface area (Å²) in [5.41, 5.74) is 0. The molecule has 0 radical (unpaired) electrons. The second-order valence-electron chi connectivity index (χ2n) is 1.98. The van der Waals surface area contributed by atoms with Gasteiger partial charge in [0.05, 0.1) is 0 Å². The summed E-state index contributed by atoms with van der Waals surface area (Å²) in [6.07, 6.45) is 3.88. The van der Waals surface area contributed by atoms with E-state index in [9.17, 15) is 8.78 Å². The Labute approximate surface area is 64.7 Å². The fourth-order valence-electron chi connectivity index (χ4n) is 0.602. The van der Waals surface area contributed by atoms with Crippen LogP contribution >= 0.6 is 11.8 Å². The number of hydrogen-bond donors (Lipinski definition) is 0. The van der Waals surface area contributed by atoms with Crippen molar-refractivity contribution >= 4 is 11.8 Å². The standard InChI is InChI=1S/C7H12F2S/c1-10-6-4-2-3-5-7(8)9/h5H,2-4,6H2,1H3. The molecule has 0 amide bonds. The summed E-state index contributed by atoms with van der Waals surface area (Å²) in [6, 6.07) is 0. The summed E-state index contributed by atoms with van der Waals surface area (Å²) < 4.78 is 22.8. The molecule has 0 rings (SSSR count). The lowest BCUT2D eigenvalue weighted by Gasteiger charge is -1.92. The topological polar surface area (TPSA) is 0 Å². The average molecular weight is 166 g/mol. The van der Waals surface area contributed by atoms with Crippen LogP contribution in [0.25, 0.3) is 0 Å². The van der Waals surface area contributed by atoms with E-state index in [0.29, 0.717) is 6.42 Å². The number of allylic oxidation sites excluding steroid dienone is 1. The molecular weight excluding hydrogens is 154 g/mol. The highest BCUT2D eigenvalue weighted by atomic mass is 32.2. The van der Waals surface area contributed by atoms with E-state index in [-0.39, 0.29) is 0 Å². The highest BCUT2D eigenvalue weighted by molar-refractivity contribution is 7.98. The van der Waals surface area contributed by atoms with Gasteiger partial charge in [-0.2, -0.15) is 20.5 Å². The van der Waals surface area contributed by atoms with Crippen LogP contribution in [0, 0.1) is 0 Å². The first-order chi connectivity index (χ1) is 4.77. The van der Waals surface area contributed by atoms with Crippen LogP contribution in [-0.4, -0.2) is 12.0 Å². The van der Waals surface area contributed by atoms with Gasteiger partial charge in [-0.1, -0.05) is 0 Å². The van der Waals surface area contributed by atoms with Crippen LogP contribution in [0.5, 0.6) is 0 Å². The maximum atomic E-state index is 11.4. The summed E-state index contributed by atoms with van der Waals surface area (Å²) in [7, 11) is 0. The highest BCUT2D eigenvalue weighted by Gasteiger charge is 1.88. The molecule has 10 heavy (non-hydrogen) atoms. The van der Waals surface area contributed by atoms with Gasteiger partial charge in [-0.25, -0.2) is 0 Å². The van der Waals surface area contributed by atoms with Crippen LogP contribution < -0.4 is 0 Å². The van der Waals surface area contributed by atoms with E-state index in [0.717, 1.165) is 24.7 Å². The first kappa shape index (κ1) is 9.95. The molecule has 0 nitrogen and oxygen atoms in total. The van der Waals surface area contributed by atoms with E-state index in [2.05, 4.69) is 0 Å². The van der Waals surface area contributed by atoms with Crippen LogP contribution in [0.2, 0.25) is 0 Å². The third-order valence-corrected chi connectivity index (χ3v) is 1.80. The normalized spacial score (nSPS) is 9.50. The summed E-state index contributed by atoms with van der Waals surface area (Å²) in [5.74, 6) is 1.07. The van der Waals surface area contributed by atoms with E-state index < -0.39 is 6.08 Å². The Balaban J connectivity index is 2.98. The first-order valence-electron chi connectivity index (χ1n) is 3.27. The number of rotatable bonds is 5. The molecule has 0 aliphatic heterocycles. The minimum Gasteiger partial charge on any atom is -0.174 e. The fourth-order valence-corrected chi connectivity index (χ4v) is 1.09. The van der Waals surface area contributed by atoms with E-state index in [4.69, 9.17) is 0 Å². The maximum Gasteiger partial charge on any atom is 0.266 e. The molecule has 0 N–H and O–H groups in total. The van der Waals surface area contributed by atoms with E-state index in [1.165, 1.54) is 0 Å². The minimum absolute atomic E-state index is 0.517. The van der Waals surface area contributed by atoms with Crippen molar-refractivity contribution in [2.24, 2.45) is 0 Å². The monoisotopic (exact) mass is 166 g/mol. The molecule has 0 heterocycles. The fraction of sp³-hybridized carbons (Fsp3) is 0.714. The predicted octanol–water partition coefficient (Wildman–Crippen LogP) is 3.30. The molecule has 0 bridgehead atoms. The second-order valence-corrected chi connectivity index (χ2v) is 2.97. The van der Waals surface area contributed by atoms with Crippen molar-refractivity contribution in [3.63, 3.8) is 0 Å². The third kappa shape index (κ3) is 7.95. The van der Waals surface area contributed by atoms with E-state index >= 15 is 0 Å². The van der Waals surface area contributed by atoms with Crippen molar-refractivity contribution in [3.05, 3.63) is 12.2 Å². The molecule has 0 aromatic carbocycles. The Morgan fingerprint density at radius 1 is 1.40 bits per heavy atom. The van der Waals surface area contributed by atoms with Crippen molar-refractivity contribution in [2.45, 2.75) is 19.3 Å². The van der Waals surface area contributed by atoms with Gasteiger partial charge < -0.3 is 0 Å². The molecule has 0 atom stereocenters. The quantitative estimate of drug-likeness (QED) is 0.565. The van der Waals surface area contributed by atoms with Crippen LogP contribution in [0.15, 0.2) is 12.2 Å². The molecule has 0 saturated carbocycles. The molecule has 0 aromatic heterocycles. The van der Waals surface area contributed by atoms with Gasteiger partial charge in [0.25, 0.3) is 6.08 Å². The molecule has 0 aliphatic carbocycles. The number of unbranched alkanes of at least 4 members (excludes halogenated alkanes) is 2. The van der Waals surface area contributed by atoms with Crippen LogP contribution in [0.3, 0.4) is 0 Å². The van der Waals surface area contributed by atoms with E-state index in [1.54, 1.807) is 11.8 Å². The Hall–Kier alpha value is -0.0500. The summed E-state index contributed by atoms with van der Waals surface area (Å²) in [5, 5.41) is 0. The van der Waals surface area contributed by atoms with Gasteiger partial charge in [-0.15, -0.1) is 0 Å². The molecule has 60 valence electrons. The largest absolute Gasteiger partial charge is 0.266 e. The smallest absolute Gasteiger partial charge is 0.174 e. The summed E-state index contributed by atoms with van der Waals surface area (Å²) >= 11 is 1.75. The molecule has 3 heteroatoms. The number of thioether (sulfide) groups is 1. The number of hydrogen-bond acceptors (Lipinski definition) is 1. The zero-order valence-corrected chi connectivity index (χ0v) is 6.89. The average Bonchev–Trinajstić information content (AvgIpc) is 1.87. The third-order valence-electron chi connectivity index (χ3n) is 1.10. The van der Waals surface area contributed by atoms with Crippen molar-refractivity contribution in [1.29, 1.82) is 0 Å². The second kappa shape index (κ2) is 7.06. The van der Waals surface area contributed by atoms with Gasteiger partial charge in [0.15, 0.2) is 0 Å². The SMILES string of the molecule is CSCCCCC=C(F)F. The molecule has 0 saturated heterocycles. The molecule has 0 spiro atoms. The lowest BCUT2D eigenvalue weighted by Crippen LogP contribution is -1.77. The first-order valence-corrected chi connectivity index (χ1v) is 4.67. The molecular formula is C7H12F2S. The zero-order chi connectivity index (χ0) is 7.82. The molecule has 0 fully saturated rings. The Morgan fingerprint density at radius 3 is 2.60 bits per heavy atom. The summed E-state index contributed by atoms with van der Waals surface area (Å²) in [6.45, 7) is 0. The zero-order valence-electron chi connectivity index (χ0n) is 6.07. The molecule has 0 unspecified atom stereocenters. The predicted molar refractivity (Wildman–Crippen MR) is 42.5 cm³/mol. The van der Waals surface area contributed by atoms with Crippen molar-refractivity contribution in [1.82, 2.24) is 0 Å². The van der Waals surface area contributed by atoms with Crippen molar-refractivity contribution in [2.75, 3.05) is 12.0 Å². The van der Waals surface area contributed by atoms with Gasteiger partial charge in [0.2, 0.25) is 0 Å². The van der Waals surface area contributed by atoms with Crippen molar-refractivity contribution in [3.8, 4) is 0 Å². The lowest BCUT2D eigenvalue weighted by molar-refractivity contribution is 0.417. The highest BCUT2D eigenvalue weighted by Crippen LogP contribution is 2.05. The maximum absolute atomic E-state index is 11.4. The molecule has 0 aliphatic rings. The van der Waals surface area contributed by atoms with Gasteiger partial charge >= 0.3 is 0 Å². The van der Waals surface area contributed by atoms with Crippen LogP contribution in [-0.2, 0) is 0 Å². The van der Waals surface area contributed by atoms with Crippen LogP contribution in [0.4, 0.5) is 8.78 Å².